The van der Waals surface area contributed by atoms with E-state index in [-0.39, 0.29) is 17.6 Å². The van der Waals surface area contributed by atoms with Gasteiger partial charge in [-0.25, -0.2) is 0 Å². The number of halogens is 3. The predicted molar refractivity (Wildman–Crippen MR) is 74.1 cm³/mol. The summed E-state index contributed by atoms with van der Waals surface area (Å²) >= 11 is 0. The number of nitrogens with one attached hydrogen (secondary N) is 1. The molecule has 19 heavy (non-hydrogen) atoms. The molecule has 5 heteroatoms. The summed E-state index contributed by atoms with van der Waals surface area (Å²) in [5, 5.41) is 3.51. The Morgan fingerprint density at radius 3 is 1.63 bits per heavy atom. The number of nitrogens with zero attached hydrogens (tertiary/aromatic N) is 1. The van der Waals surface area contributed by atoms with E-state index in [0.29, 0.717) is 4.48 Å². The molecule has 0 aliphatic heterocycles. The molecule has 0 amide bonds. The van der Waals surface area contributed by atoms with Gasteiger partial charge in [-0.3, -0.25) is 0 Å². The Balaban J connectivity index is 4.29. The van der Waals surface area contributed by atoms with Crippen LogP contribution in [0.15, 0.2) is 0 Å². The lowest BCUT2D eigenvalue weighted by molar-refractivity contribution is -0.892. The Bertz CT molecular complexity index is 275. The molecule has 0 atom stereocenters. The molecule has 116 valence electrons. The van der Waals surface area contributed by atoms with E-state index in [9.17, 15) is 13.2 Å². The van der Waals surface area contributed by atoms with E-state index in [1.165, 1.54) is 0 Å². The van der Waals surface area contributed by atoms with E-state index in [4.69, 9.17) is 0 Å². The molecule has 0 bridgehead atoms. The van der Waals surface area contributed by atoms with Crippen molar-refractivity contribution >= 4 is 0 Å². The maximum Gasteiger partial charge on any atom is 0.394 e. The number of quaternary nitrogens is 1. The number of hydrogen-bond donors (Lipinski definition) is 1. The maximum atomic E-state index is 12.3. The second-order valence-corrected chi connectivity index (χ2v) is 7.76. The topological polar surface area (TPSA) is 12.0 Å². The molecule has 0 fully saturated rings. The highest BCUT2D eigenvalue weighted by atomic mass is 19.4. The van der Waals surface area contributed by atoms with Crippen LogP contribution in [0, 0.1) is 0 Å². The van der Waals surface area contributed by atoms with Gasteiger partial charge in [0, 0.05) is 17.5 Å². The van der Waals surface area contributed by atoms with Crippen molar-refractivity contribution in [2.45, 2.75) is 64.7 Å². The Labute approximate surface area is 115 Å². The van der Waals surface area contributed by atoms with Crippen molar-refractivity contribution in [3.05, 3.63) is 0 Å². The molecular formula is C14H30F3N2+. The van der Waals surface area contributed by atoms with Crippen LogP contribution in [0.4, 0.5) is 13.2 Å². The third-order valence-electron chi connectivity index (χ3n) is 3.06. The summed E-state index contributed by atoms with van der Waals surface area (Å²) in [7, 11) is 3.72. The first-order chi connectivity index (χ1) is 8.12. The zero-order valence-corrected chi connectivity index (χ0v) is 13.4. The highest BCUT2D eigenvalue weighted by Gasteiger charge is 2.32. The van der Waals surface area contributed by atoms with Gasteiger partial charge in [0.2, 0.25) is 0 Å². The zero-order valence-electron chi connectivity index (χ0n) is 13.4. The molecule has 0 saturated heterocycles. The minimum Gasteiger partial charge on any atom is -0.328 e. The van der Waals surface area contributed by atoms with Gasteiger partial charge in [0.15, 0.2) is 0 Å². The largest absolute Gasteiger partial charge is 0.394 e. The Morgan fingerprint density at radius 1 is 0.842 bits per heavy atom. The molecule has 0 aromatic heterocycles. The second kappa shape index (κ2) is 6.00. The van der Waals surface area contributed by atoms with Gasteiger partial charge in [-0.15, -0.1) is 0 Å². The third-order valence-corrected chi connectivity index (χ3v) is 3.06. The molecular weight excluding hydrogens is 253 g/mol. The van der Waals surface area contributed by atoms with Crippen molar-refractivity contribution in [3.63, 3.8) is 0 Å². The van der Waals surface area contributed by atoms with E-state index < -0.39 is 12.6 Å². The monoisotopic (exact) mass is 283 g/mol. The summed E-state index contributed by atoms with van der Waals surface area (Å²) in [4.78, 5) is 0. The lowest BCUT2D eigenvalue weighted by atomic mass is 9.95. The van der Waals surface area contributed by atoms with Crippen LogP contribution >= 0.6 is 0 Å². The fourth-order valence-electron chi connectivity index (χ4n) is 2.20. The summed E-state index contributed by atoms with van der Waals surface area (Å²) in [6.07, 6.45) is -3.93. The van der Waals surface area contributed by atoms with Crippen LogP contribution in [0.2, 0.25) is 0 Å². The average Bonchev–Trinajstić information content (AvgIpc) is 2.08. The lowest BCUT2D eigenvalue weighted by Gasteiger charge is -2.38. The zero-order chi connectivity index (χ0) is 15.5. The van der Waals surface area contributed by atoms with Gasteiger partial charge in [0.1, 0.15) is 0 Å². The summed E-state index contributed by atoms with van der Waals surface area (Å²) in [6.45, 7) is 11.3. The molecule has 0 aliphatic carbocycles. The molecule has 0 rings (SSSR count). The molecule has 0 aromatic rings. The van der Waals surface area contributed by atoms with Gasteiger partial charge in [-0.1, -0.05) is 0 Å². The first kappa shape index (κ1) is 18.7. The highest BCUT2D eigenvalue weighted by molar-refractivity contribution is 4.85. The summed E-state index contributed by atoms with van der Waals surface area (Å²) in [6, 6.07) is 0. The van der Waals surface area contributed by atoms with Crippen molar-refractivity contribution in [3.8, 4) is 0 Å². The molecule has 0 spiro atoms. The second-order valence-electron chi connectivity index (χ2n) is 7.76. The van der Waals surface area contributed by atoms with E-state index >= 15 is 0 Å². The van der Waals surface area contributed by atoms with Crippen LogP contribution in [0.25, 0.3) is 0 Å². The minimum absolute atomic E-state index is 0.00656. The predicted octanol–water partition coefficient (Wildman–Crippen LogP) is 3.57. The van der Waals surface area contributed by atoms with E-state index in [1.54, 1.807) is 0 Å². The Hall–Kier alpha value is -0.290. The van der Waals surface area contributed by atoms with Crippen molar-refractivity contribution in [2.75, 3.05) is 27.2 Å². The van der Waals surface area contributed by atoms with Crippen LogP contribution in [-0.4, -0.2) is 48.9 Å². The number of alkyl halides is 3. The molecule has 0 heterocycles. The molecule has 1 N–H and O–H groups in total. The first-order valence-electron chi connectivity index (χ1n) is 6.80. The number of hydrogen-bond acceptors (Lipinski definition) is 1. The minimum atomic E-state index is -4.06. The van der Waals surface area contributed by atoms with Gasteiger partial charge < -0.3 is 9.80 Å². The normalized spacial score (nSPS) is 14.8. The molecule has 2 nitrogen and oxygen atoms in total. The Kier molecular flexibility index (Phi) is 5.91. The highest BCUT2D eigenvalue weighted by Crippen LogP contribution is 2.22. The standard InChI is InChI=1S/C14H30F3N2/c1-12(2,3)18-13(4,5)8-10-19(6,7)11-9-14(15,16)17/h18H,8-11H2,1-7H3/q+1. The molecule has 0 aromatic carbocycles. The van der Waals surface area contributed by atoms with E-state index in [1.807, 2.05) is 14.1 Å². The van der Waals surface area contributed by atoms with Gasteiger partial charge in [0.25, 0.3) is 0 Å². The van der Waals surface area contributed by atoms with Crippen molar-refractivity contribution in [1.82, 2.24) is 5.32 Å². The van der Waals surface area contributed by atoms with E-state index in [0.717, 1.165) is 13.0 Å². The van der Waals surface area contributed by atoms with Crippen molar-refractivity contribution in [1.29, 1.82) is 0 Å². The average molecular weight is 283 g/mol. The molecule has 0 unspecified atom stereocenters. The summed E-state index contributed by atoms with van der Waals surface area (Å²) in [5.41, 5.74) is -0.0708. The lowest BCUT2D eigenvalue weighted by Crippen LogP contribution is -2.53. The van der Waals surface area contributed by atoms with Gasteiger partial charge in [0.05, 0.1) is 33.6 Å². The summed E-state index contributed by atoms with van der Waals surface area (Å²) in [5.74, 6) is 0. The quantitative estimate of drug-likeness (QED) is 0.735. The molecule has 0 aliphatic rings. The number of rotatable bonds is 6. The van der Waals surface area contributed by atoms with Crippen LogP contribution < -0.4 is 5.32 Å². The third kappa shape index (κ3) is 11.3. The van der Waals surface area contributed by atoms with Crippen LogP contribution in [0.5, 0.6) is 0 Å². The fourth-order valence-corrected chi connectivity index (χ4v) is 2.20. The first-order valence-corrected chi connectivity index (χ1v) is 6.80. The van der Waals surface area contributed by atoms with Gasteiger partial charge >= 0.3 is 6.18 Å². The van der Waals surface area contributed by atoms with E-state index in [2.05, 4.69) is 39.9 Å². The van der Waals surface area contributed by atoms with Crippen molar-refractivity contribution < 1.29 is 17.7 Å². The fraction of sp³-hybridized carbons (Fsp3) is 1.00. The molecule has 0 saturated carbocycles. The van der Waals surface area contributed by atoms with Crippen LogP contribution in [0.1, 0.15) is 47.5 Å². The van der Waals surface area contributed by atoms with Gasteiger partial charge in [-0.05, 0) is 34.6 Å². The van der Waals surface area contributed by atoms with Crippen LogP contribution in [-0.2, 0) is 0 Å². The van der Waals surface area contributed by atoms with Gasteiger partial charge in [-0.2, -0.15) is 13.2 Å². The van der Waals surface area contributed by atoms with Crippen molar-refractivity contribution in [2.24, 2.45) is 0 Å². The SMILES string of the molecule is CC(C)(C)NC(C)(C)CC[N+](C)(C)CCC(F)(F)F. The summed E-state index contributed by atoms with van der Waals surface area (Å²) < 4.78 is 37.2. The maximum absolute atomic E-state index is 12.3. The Morgan fingerprint density at radius 2 is 1.26 bits per heavy atom. The van der Waals surface area contributed by atoms with Crippen LogP contribution in [0.3, 0.4) is 0 Å². The molecule has 0 radical (unpaired) electrons. The smallest absolute Gasteiger partial charge is 0.328 e.